The molecule has 2 atom stereocenters. The molecule has 0 aliphatic carbocycles. The predicted octanol–water partition coefficient (Wildman–Crippen LogP) is 2.83. The van der Waals surface area contributed by atoms with Crippen molar-refractivity contribution in [2.75, 3.05) is 19.6 Å². The molecule has 2 unspecified atom stereocenters. The van der Waals surface area contributed by atoms with Gasteiger partial charge < -0.3 is 10.1 Å². The summed E-state index contributed by atoms with van der Waals surface area (Å²) in [4.78, 5) is 12.4. The number of esters is 1. The van der Waals surface area contributed by atoms with Gasteiger partial charge in [-0.05, 0) is 38.8 Å². The van der Waals surface area contributed by atoms with E-state index in [1.54, 1.807) is 0 Å². The first-order chi connectivity index (χ1) is 10.2. The van der Waals surface area contributed by atoms with Crippen LogP contribution in [0.25, 0.3) is 0 Å². The third-order valence-electron chi connectivity index (χ3n) is 5.26. The summed E-state index contributed by atoms with van der Waals surface area (Å²) in [6.45, 7) is 7.40. The average molecular weight is 296 g/mol. The maximum atomic E-state index is 12.4. The summed E-state index contributed by atoms with van der Waals surface area (Å²) in [5, 5.41) is 6.71. The van der Waals surface area contributed by atoms with Crippen LogP contribution in [0.1, 0.15) is 65.2 Å². The first-order valence-corrected chi connectivity index (χ1v) is 8.86. The van der Waals surface area contributed by atoms with Crippen LogP contribution in [0.2, 0.25) is 0 Å². The number of nitrogens with one attached hydrogen (secondary N) is 2. The number of hydrogen-bond acceptors (Lipinski definition) is 4. The van der Waals surface area contributed by atoms with E-state index in [0.29, 0.717) is 0 Å². The second kappa shape index (κ2) is 8.14. The second-order valence-corrected chi connectivity index (χ2v) is 6.76. The molecule has 2 rings (SSSR count). The van der Waals surface area contributed by atoms with Crippen molar-refractivity contribution >= 4 is 5.97 Å². The Hall–Kier alpha value is -0.610. The fraction of sp³-hybridized carbons (Fsp3) is 0.941. The first kappa shape index (κ1) is 16.8. The Labute approximate surface area is 129 Å². The van der Waals surface area contributed by atoms with Crippen LogP contribution in [0.4, 0.5) is 0 Å². The molecule has 0 saturated carbocycles. The van der Waals surface area contributed by atoms with Crippen LogP contribution in [-0.4, -0.2) is 31.8 Å². The number of ether oxygens (including phenoxy) is 1. The molecule has 4 nitrogen and oxygen atoms in total. The maximum absolute atomic E-state index is 12.4. The van der Waals surface area contributed by atoms with E-state index >= 15 is 0 Å². The topological polar surface area (TPSA) is 50.4 Å². The predicted molar refractivity (Wildman–Crippen MR) is 85.0 cm³/mol. The zero-order chi connectivity index (χ0) is 15.1. The molecule has 21 heavy (non-hydrogen) atoms. The van der Waals surface area contributed by atoms with Crippen LogP contribution < -0.4 is 10.6 Å². The smallest absolute Gasteiger partial charge is 0.310 e. The molecule has 0 aromatic carbocycles. The van der Waals surface area contributed by atoms with Crippen molar-refractivity contribution in [3.63, 3.8) is 0 Å². The summed E-state index contributed by atoms with van der Waals surface area (Å²) in [5.74, 6) is 0.104. The van der Waals surface area contributed by atoms with Crippen LogP contribution in [0.15, 0.2) is 0 Å². The Balaban J connectivity index is 1.76. The molecule has 2 aliphatic heterocycles. The highest BCUT2D eigenvalue weighted by atomic mass is 16.6. The van der Waals surface area contributed by atoms with Gasteiger partial charge in [0.1, 0.15) is 0 Å². The molecule has 2 heterocycles. The fourth-order valence-electron chi connectivity index (χ4n) is 3.52. The maximum Gasteiger partial charge on any atom is 0.310 e. The number of unbranched alkanes of at least 4 members (excludes halogenated alkanes) is 3. The average Bonchev–Trinajstić information content (AvgIpc) is 2.52. The highest BCUT2D eigenvalue weighted by Crippen LogP contribution is 2.39. The number of hydrogen-bond donors (Lipinski definition) is 2. The molecule has 2 N–H and O–H groups in total. The van der Waals surface area contributed by atoms with Crippen molar-refractivity contribution in [1.29, 1.82) is 0 Å². The number of carbonyl (C=O) groups is 1. The van der Waals surface area contributed by atoms with E-state index in [9.17, 15) is 4.79 Å². The van der Waals surface area contributed by atoms with Gasteiger partial charge in [0.15, 0.2) is 6.23 Å². The molecule has 2 saturated heterocycles. The van der Waals surface area contributed by atoms with Crippen molar-refractivity contribution < 1.29 is 9.53 Å². The molecule has 0 bridgehead atoms. The van der Waals surface area contributed by atoms with E-state index in [2.05, 4.69) is 24.5 Å². The molecular weight excluding hydrogens is 264 g/mol. The van der Waals surface area contributed by atoms with Crippen molar-refractivity contribution in [2.24, 2.45) is 11.3 Å². The van der Waals surface area contributed by atoms with Crippen molar-refractivity contribution in [2.45, 2.75) is 71.4 Å². The summed E-state index contributed by atoms with van der Waals surface area (Å²) >= 11 is 0. The van der Waals surface area contributed by atoms with E-state index < -0.39 is 0 Å². The van der Waals surface area contributed by atoms with Gasteiger partial charge in [-0.3, -0.25) is 10.1 Å². The van der Waals surface area contributed by atoms with Gasteiger partial charge in [0.2, 0.25) is 0 Å². The van der Waals surface area contributed by atoms with Gasteiger partial charge in [0.25, 0.3) is 0 Å². The first-order valence-electron chi connectivity index (χ1n) is 8.86. The van der Waals surface area contributed by atoms with Gasteiger partial charge in [0.05, 0.1) is 5.92 Å². The van der Waals surface area contributed by atoms with Crippen LogP contribution in [0, 0.1) is 11.3 Å². The lowest BCUT2D eigenvalue weighted by Crippen LogP contribution is -2.67. The highest BCUT2D eigenvalue weighted by Gasteiger charge is 2.49. The lowest BCUT2D eigenvalue weighted by molar-refractivity contribution is -0.181. The minimum absolute atomic E-state index is 0.0177. The fourth-order valence-corrected chi connectivity index (χ4v) is 3.52. The molecule has 0 aromatic heterocycles. The third-order valence-corrected chi connectivity index (χ3v) is 5.26. The van der Waals surface area contributed by atoms with Gasteiger partial charge in [-0.1, -0.05) is 39.5 Å². The third kappa shape index (κ3) is 4.19. The van der Waals surface area contributed by atoms with E-state index in [0.717, 1.165) is 51.7 Å². The SMILES string of the molecule is CCCCCCC(CC)C(=O)OC1NCC12CCNCC2. The van der Waals surface area contributed by atoms with Crippen LogP contribution in [0.3, 0.4) is 0 Å². The van der Waals surface area contributed by atoms with Crippen LogP contribution >= 0.6 is 0 Å². The normalized spacial score (nSPS) is 25.3. The lowest BCUT2D eigenvalue weighted by Gasteiger charge is -2.51. The van der Waals surface area contributed by atoms with Crippen LogP contribution in [-0.2, 0) is 9.53 Å². The Morgan fingerprint density at radius 1 is 1.24 bits per heavy atom. The monoisotopic (exact) mass is 296 g/mol. The minimum Gasteiger partial charge on any atom is -0.446 e. The largest absolute Gasteiger partial charge is 0.446 e. The lowest BCUT2D eigenvalue weighted by atomic mass is 9.72. The summed E-state index contributed by atoms with van der Waals surface area (Å²) in [5.41, 5.74) is 0.210. The van der Waals surface area contributed by atoms with E-state index in [4.69, 9.17) is 4.74 Å². The second-order valence-electron chi connectivity index (χ2n) is 6.76. The zero-order valence-electron chi connectivity index (χ0n) is 13.7. The molecule has 0 aromatic rings. The molecule has 0 radical (unpaired) electrons. The van der Waals surface area contributed by atoms with Crippen LogP contribution in [0.5, 0.6) is 0 Å². The minimum atomic E-state index is -0.0446. The number of rotatable bonds is 8. The zero-order valence-corrected chi connectivity index (χ0v) is 13.7. The van der Waals surface area contributed by atoms with Gasteiger partial charge in [0, 0.05) is 12.0 Å². The van der Waals surface area contributed by atoms with E-state index in [1.165, 1.54) is 19.3 Å². The van der Waals surface area contributed by atoms with Gasteiger partial charge in [-0.2, -0.15) is 0 Å². The van der Waals surface area contributed by atoms with Gasteiger partial charge >= 0.3 is 5.97 Å². The molecular formula is C17H32N2O2. The molecule has 2 aliphatic rings. The number of piperidine rings is 1. The highest BCUT2D eigenvalue weighted by molar-refractivity contribution is 5.72. The Kier molecular flexibility index (Phi) is 6.49. The van der Waals surface area contributed by atoms with Crippen molar-refractivity contribution in [3.8, 4) is 0 Å². The summed E-state index contributed by atoms with van der Waals surface area (Å²) < 4.78 is 5.81. The molecule has 4 heteroatoms. The van der Waals surface area contributed by atoms with E-state index in [-0.39, 0.29) is 23.5 Å². The molecule has 0 amide bonds. The summed E-state index contributed by atoms with van der Waals surface area (Å²) in [7, 11) is 0. The van der Waals surface area contributed by atoms with Gasteiger partial charge in [-0.25, -0.2) is 0 Å². The van der Waals surface area contributed by atoms with Crippen molar-refractivity contribution in [1.82, 2.24) is 10.6 Å². The quantitative estimate of drug-likeness (QED) is 0.534. The summed E-state index contributed by atoms with van der Waals surface area (Å²) in [6.07, 6.45) is 8.96. The standard InChI is InChI=1S/C17H32N2O2/c1-3-5-6-7-8-14(4-2)15(20)21-16-17(13-19-16)9-11-18-12-10-17/h14,16,18-19H,3-13H2,1-2H3. The summed E-state index contributed by atoms with van der Waals surface area (Å²) in [6, 6.07) is 0. The Morgan fingerprint density at radius 3 is 2.57 bits per heavy atom. The molecule has 1 spiro atoms. The molecule has 122 valence electrons. The van der Waals surface area contributed by atoms with Crippen molar-refractivity contribution in [3.05, 3.63) is 0 Å². The van der Waals surface area contributed by atoms with Gasteiger partial charge in [-0.15, -0.1) is 0 Å². The Bertz CT molecular complexity index is 327. The van der Waals surface area contributed by atoms with E-state index in [1.807, 2.05) is 0 Å². The number of carbonyl (C=O) groups excluding carboxylic acids is 1. The molecule has 2 fully saturated rings. The Morgan fingerprint density at radius 2 is 2.00 bits per heavy atom.